The van der Waals surface area contributed by atoms with Crippen LogP contribution < -0.4 is 43.7 Å². The Morgan fingerprint density at radius 3 is 1.32 bits per heavy atom. The Morgan fingerprint density at radius 1 is 0.250 bits per heavy atom. The molecule has 10 aromatic rings. The topological polar surface area (TPSA) is 0 Å². The molecule has 0 aliphatic rings. The fourth-order valence-corrected chi connectivity index (χ4v) is 10.1. The van der Waals surface area contributed by atoms with Crippen molar-refractivity contribution in [3.63, 3.8) is 0 Å². The second-order valence-corrected chi connectivity index (χ2v) is 16.2. The average Bonchev–Trinajstić information content (AvgIpc) is 3.24. The van der Waals surface area contributed by atoms with Crippen molar-refractivity contribution in [3.8, 4) is 33.4 Å². The standard InChI is InChI=1S/C48H38B8/c49-41-37-35(26-13-7-12-25(21-26)29-18-8-11-23-9-1-3-14-28(23)29)38-40(44(52)48(56)46(54)42(38)50)36(39(37)43(51)47(55)45(41)53)33-22-27-20-19-24-10-2-4-15-30(24)34(27)32-17-6-5-16-31(32)33/h1-22H,49-56H2. The highest BCUT2D eigenvalue weighted by atomic mass is 14.3. The summed E-state index contributed by atoms with van der Waals surface area (Å²) in [5, 5.41) is 15.8. The van der Waals surface area contributed by atoms with E-state index in [0.717, 1.165) is 0 Å². The van der Waals surface area contributed by atoms with Gasteiger partial charge in [-0.2, -0.15) is 0 Å². The first kappa shape index (κ1) is 34.7. The van der Waals surface area contributed by atoms with Crippen LogP contribution in [-0.2, 0) is 0 Å². The highest BCUT2D eigenvalue weighted by molar-refractivity contribution is 6.71. The van der Waals surface area contributed by atoms with Crippen LogP contribution in [0.3, 0.4) is 0 Å². The lowest BCUT2D eigenvalue weighted by molar-refractivity contribution is 1.64. The summed E-state index contributed by atoms with van der Waals surface area (Å²) in [6.07, 6.45) is 0. The Kier molecular flexibility index (Phi) is 8.02. The molecule has 0 unspecified atom stereocenters. The van der Waals surface area contributed by atoms with Gasteiger partial charge in [0.05, 0.1) is 0 Å². The van der Waals surface area contributed by atoms with Gasteiger partial charge in [0, 0.05) is 0 Å². The fraction of sp³-hybridized carbons (Fsp3) is 0. The first-order valence-electron chi connectivity index (χ1n) is 20.0. The maximum atomic E-state index is 2.51. The quantitative estimate of drug-likeness (QED) is 0.135. The summed E-state index contributed by atoms with van der Waals surface area (Å²) in [7, 11) is 18.8. The van der Waals surface area contributed by atoms with Gasteiger partial charge in [0.2, 0.25) is 0 Å². The van der Waals surface area contributed by atoms with E-state index in [-0.39, 0.29) is 0 Å². The molecule has 10 rings (SSSR count). The van der Waals surface area contributed by atoms with Gasteiger partial charge in [-0.1, -0.05) is 143 Å². The van der Waals surface area contributed by atoms with Gasteiger partial charge in [0.15, 0.2) is 0 Å². The third-order valence-electron chi connectivity index (χ3n) is 13.6. The number of fused-ring (bicyclic) bond motifs is 8. The van der Waals surface area contributed by atoms with E-state index in [1.54, 1.807) is 0 Å². The highest BCUT2D eigenvalue weighted by Crippen LogP contribution is 2.46. The minimum Gasteiger partial charge on any atom is -0.101 e. The molecule has 8 heteroatoms. The molecule has 0 nitrogen and oxygen atoms in total. The molecule has 0 aliphatic carbocycles. The Morgan fingerprint density at radius 2 is 0.696 bits per heavy atom. The maximum absolute atomic E-state index is 2.51. The molecule has 0 aromatic heterocycles. The van der Waals surface area contributed by atoms with Crippen molar-refractivity contribution in [2.24, 2.45) is 0 Å². The molecule has 0 saturated heterocycles. The van der Waals surface area contributed by atoms with Crippen LogP contribution in [-0.4, -0.2) is 62.8 Å². The third-order valence-corrected chi connectivity index (χ3v) is 13.6. The number of rotatable bonds is 3. The van der Waals surface area contributed by atoms with Gasteiger partial charge in [0.1, 0.15) is 62.8 Å². The van der Waals surface area contributed by atoms with E-state index in [2.05, 4.69) is 196 Å². The van der Waals surface area contributed by atoms with Crippen molar-refractivity contribution in [3.05, 3.63) is 133 Å². The summed E-state index contributed by atoms with van der Waals surface area (Å²) >= 11 is 0. The van der Waals surface area contributed by atoms with Crippen molar-refractivity contribution in [2.45, 2.75) is 0 Å². The summed E-state index contributed by atoms with van der Waals surface area (Å²) in [6.45, 7) is 0. The van der Waals surface area contributed by atoms with Gasteiger partial charge in [-0.25, -0.2) is 0 Å². The normalized spacial score (nSPS) is 11.8. The molecule has 0 saturated carbocycles. The maximum Gasteiger partial charge on any atom is 0.139 e. The summed E-state index contributed by atoms with van der Waals surface area (Å²) in [5.74, 6) is 0. The first-order chi connectivity index (χ1) is 27.2. The molecule has 10 aromatic carbocycles. The van der Waals surface area contributed by atoms with Crippen molar-refractivity contribution < 1.29 is 0 Å². The van der Waals surface area contributed by atoms with Gasteiger partial charge in [-0.05, 0) is 110 Å². The van der Waals surface area contributed by atoms with Gasteiger partial charge in [0.25, 0.3) is 0 Å². The van der Waals surface area contributed by atoms with Crippen molar-refractivity contribution >= 4 is 171 Å². The van der Waals surface area contributed by atoms with Crippen LogP contribution in [0.15, 0.2) is 133 Å². The highest BCUT2D eigenvalue weighted by Gasteiger charge is 2.26. The molecule has 0 fully saturated rings. The van der Waals surface area contributed by atoms with Crippen LogP contribution in [0.1, 0.15) is 0 Å². The molecule has 0 bridgehead atoms. The van der Waals surface area contributed by atoms with Crippen molar-refractivity contribution in [2.75, 3.05) is 0 Å². The number of hydrogen-bond acceptors (Lipinski definition) is 0. The van der Waals surface area contributed by atoms with Gasteiger partial charge in [-0.15, -0.1) is 21.9 Å². The predicted molar refractivity (Wildman–Crippen MR) is 273 cm³/mol. The summed E-state index contributed by atoms with van der Waals surface area (Å²) in [4.78, 5) is 0. The van der Waals surface area contributed by atoms with E-state index < -0.39 is 0 Å². The summed E-state index contributed by atoms with van der Waals surface area (Å²) in [6, 6.07) is 49.9. The van der Waals surface area contributed by atoms with E-state index in [4.69, 9.17) is 0 Å². The molecule has 0 radical (unpaired) electrons. The van der Waals surface area contributed by atoms with Crippen LogP contribution >= 0.6 is 0 Å². The molecule has 56 heavy (non-hydrogen) atoms. The molecule has 0 N–H and O–H groups in total. The Hall–Kier alpha value is -5.72. The zero-order valence-electron chi connectivity index (χ0n) is 33.7. The smallest absolute Gasteiger partial charge is 0.101 e. The monoisotopic (exact) mass is 702 g/mol. The van der Waals surface area contributed by atoms with Crippen LogP contribution in [0.25, 0.3) is 98.0 Å². The van der Waals surface area contributed by atoms with Crippen LogP contribution in [0, 0.1) is 0 Å². The predicted octanol–water partition coefficient (Wildman–Crippen LogP) is -0.326. The van der Waals surface area contributed by atoms with E-state index in [1.807, 2.05) is 0 Å². The van der Waals surface area contributed by atoms with Crippen LogP contribution in [0.4, 0.5) is 0 Å². The van der Waals surface area contributed by atoms with Crippen molar-refractivity contribution in [1.82, 2.24) is 0 Å². The molecule has 0 atom stereocenters. The number of benzene rings is 10. The second-order valence-electron chi connectivity index (χ2n) is 16.2. The largest absolute Gasteiger partial charge is 0.139 e. The molecule has 0 amide bonds. The third kappa shape index (κ3) is 4.91. The lowest BCUT2D eigenvalue weighted by Crippen LogP contribution is -2.50. The van der Waals surface area contributed by atoms with Crippen LogP contribution in [0.5, 0.6) is 0 Å². The summed E-state index contributed by atoms with van der Waals surface area (Å²) in [5.41, 5.74) is 18.8. The number of hydrogen-bond donors (Lipinski definition) is 0. The minimum atomic E-state index is 1.24. The van der Waals surface area contributed by atoms with Gasteiger partial charge in [-0.3, -0.25) is 0 Å². The van der Waals surface area contributed by atoms with Crippen LogP contribution in [0.2, 0.25) is 0 Å². The Labute approximate surface area is 336 Å². The Bertz CT molecular complexity index is 3260. The zero-order chi connectivity index (χ0) is 38.6. The average molecular weight is 701 g/mol. The molecule has 0 spiro atoms. The molecule has 254 valence electrons. The fourth-order valence-electron chi connectivity index (χ4n) is 10.1. The summed E-state index contributed by atoms with van der Waals surface area (Å²) < 4.78 is 0. The molecule has 0 heterocycles. The van der Waals surface area contributed by atoms with E-state index in [1.165, 1.54) is 142 Å². The Balaban J connectivity index is 1.43. The van der Waals surface area contributed by atoms with Gasteiger partial charge < -0.3 is 0 Å². The molecular weight excluding hydrogens is 663 g/mol. The SMILES string of the molecule is Bc1c(B)c(B)c2c(-c3cc4ccc5ccccc5c4c4ccccc34)c3c(B)c(B)c(B)c(B)c3c(-c3cccc(-c4cccc5ccccc45)c3)c2c1B. The van der Waals surface area contributed by atoms with Crippen molar-refractivity contribution in [1.29, 1.82) is 0 Å². The lowest BCUT2D eigenvalue weighted by Gasteiger charge is -2.29. The van der Waals surface area contributed by atoms with E-state index in [0.29, 0.717) is 0 Å². The minimum absolute atomic E-state index is 1.24. The second kappa shape index (κ2) is 12.9. The zero-order valence-corrected chi connectivity index (χ0v) is 33.7. The van der Waals surface area contributed by atoms with E-state index >= 15 is 0 Å². The molecular formula is C48H38B8. The molecule has 0 aliphatic heterocycles. The first-order valence-corrected chi connectivity index (χ1v) is 20.0. The van der Waals surface area contributed by atoms with E-state index in [9.17, 15) is 0 Å². The lowest BCUT2D eigenvalue weighted by atomic mass is 9.59. The van der Waals surface area contributed by atoms with Gasteiger partial charge >= 0.3 is 0 Å².